The third kappa shape index (κ3) is 5.42. The van der Waals surface area contributed by atoms with Gasteiger partial charge in [0.2, 0.25) is 10.0 Å². The first kappa shape index (κ1) is 25.3. The Kier molecular flexibility index (Phi) is 7.59. The van der Waals surface area contributed by atoms with E-state index in [0.29, 0.717) is 48.4 Å². The normalized spacial score (nSPS) is 19.7. The Bertz CT molecular complexity index is 1390. The molecule has 0 N–H and O–H groups in total. The molecular weight excluding hydrogens is 482 g/mol. The molecule has 0 radical (unpaired) electrons. The van der Waals surface area contributed by atoms with Gasteiger partial charge in [-0.3, -0.25) is 4.79 Å². The van der Waals surface area contributed by atoms with Crippen LogP contribution in [0.2, 0.25) is 0 Å². The Hall–Kier alpha value is -2.75. The van der Waals surface area contributed by atoms with Gasteiger partial charge in [-0.15, -0.1) is 6.58 Å². The van der Waals surface area contributed by atoms with Crippen LogP contribution >= 0.6 is 11.3 Å². The number of carbonyl (C=O) groups excluding carboxylic acids is 1. The molecule has 1 saturated heterocycles. The number of sulfonamides is 1. The van der Waals surface area contributed by atoms with E-state index in [1.54, 1.807) is 10.4 Å². The number of hydrogen-bond acceptors (Lipinski definition) is 5. The number of fused-ring (bicyclic) bond motifs is 1. The fraction of sp³-hybridized carbons (Fsp3) is 0.385. The van der Waals surface area contributed by atoms with E-state index in [0.717, 1.165) is 22.4 Å². The highest BCUT2D eigenvalue weighted by Gasteiger charge is 2.31. The Morgan fingerprint density at radius 1 is 1.17 bits per heavy atom. The van der Waals surface area contributed by atoms with Crippen molar-refractivity contribution < 1.29 is 17.9 Å². The van der Waals surface area contributed by atoms with Gasteiger partial charge in [0.15, 0.2) is 4.80 Å². The van der Waals surface area contributed by atoms with E-state index in [-0.39, 0.29) is 4.90 Å². The van der Waals surface area contributed by atoms with Gasteiger partial charge in [-0.1, -0.05) is 31.3 Å². The lowest BCUT2D eigenvalue weighted by Crippen LogP contribution is -2.42. The number of aromatic nitrogens is 1. The zero-order valence-electron chi connectivity index (χ0n) is 20.3. The average Bonchev–Trinajstić information content (AvgIpc) is 3.15. The molecule has 2 unspecified atom stereocenters. The monoisotopic (exact) mass is 513 g/mol. The molecule has 0 bridgehead atoms. The molecule has 0 aliphatic carbocycles. The van der Waals surface area contributed by atoms with E-state index >= 15 is 0 Å². The summed E-state index contributed by atoms with van der Waals surface area (Å²) in [6, 6.07) is 11.9. The Balaban J connectivity index is 1.63. The van der Waals surface area contributed by atoms with E-state index in [2.05, 4.69) is 25.4 Å². The van der Waals surface area contributed by atoms with Gasteiger partial charge in [0.05, 0.1) is 21.7 Å². The number of piperidine rings is 1. The number of hydrogen-bond donors (Lipinski definition) is 0. The molecule has 9 heteroatoms. The van der Waals surface area contributed by atoms with Crippen LogP contribution in [0, 0.1) is 11.8 Å². The number of benzene rings is 2. The molecule has 35 heavy (non-hydrogen) atoms. The minimum absolute atomic E-state index is 0.197. The van der Waals surface area contributed by atoms with Crippen molar-refractivity contribution in [1.82, 2.24) is 8.87 Å². The van der Waals surface area contributed by atoms with E-state index in [1.807, 2.05) is 29.7 Å². The second kappa shape index (κ2) is 10.5. The summed E-state index contributed by atoms with van der Waals surface area (Å²) in [5.41, 5.74) is 1.28. The van der Waals surface area contributed by atoms with Crippen molar-refractivity contribution >= 4 is 37.5 Å². The number of rotatable bonds is 7. The molecule has 2 aromatic carbocycles. The largest absolute Gasteiger partial charge is 0.494 e. The maximum Gasteiger partial charge on any atom is 0.279 e. The van der Waals surface area contributed by atoms with Gasteiger partial charge in [0.1, 0.15) is 5.75 Å². The van der Waals surface area contributed by atoms with Gasteiger partial charge in [0.25, 0.3) is 5.91 Å². The second-order valence-corrected chi connectivity index (χ2v) is 12.0. The van der Waals surface area contributed by atoms with Crippen molar-refractivity contribution in [2.24, 2.45) is 16.8 Å². The third-order valence-electron chi connectivity index (χ3n) is 6.05. The molecule has 1 aliphatic rings. The summed E-state index contributed by atoms with van der Waals surface area (Å²) in [4.78, 5) is 18.1. The summed E-state index contributed by atoms with van der Waals surface area (Å²) in [6.07, 6.45) is 2.78. The highest BCUT2D eigenvalue weighted by Crippen LogP contribution is 2.27. The van der Waals surface area contributed by atoms with E-state index in [4.69, 9.17) is 4.74 Å². The smallest absolute Gasteiger partial charge is 0.279 e. The zero-order valence-corrected chi connectivity index (χ0v) is 21.9. The quantitative estimate of drug-likeness (QED) is 0.429. The SMILES string of the molecule is C=CCn1c(=NC(=O)c2ccc(S(=O)(=O)N3CC(C)CC(C)C3)cc2)sc2cc(OCC)ccc21. The molecule has 2 heterocycles. The number of ether oxygens (including phenoxy) is 1. The fourth-order valence-electron chi connectivity index (χ4n) is 4.57. The van der Waals surface area contributed by atoms with E-state index in [1.165, 1.54) is 35.6 Å². The maximum atomic E-state index is 13.1. The van der Waals surface area contributed by atoms with Gasteiger partial charge in [-0.05, 0) is 67.6 Å². The van der Waals surface area contributed by atoms with Crippen LogP contribution in [0.25, 0.3) is 10.2 Å². The lowest BCUT2D eigenvalue weighted by atomic mass is 9.94. The summed E-state index contributed by atoms with van der Waals surface area (Å²) in [5.74, 6) is 0.977. The minimum Gasteiger partial charge on any atom is -0.494 e. The summed E-state index contributed by atoms with van der Waals surface area (Å²) < 4.78 is 36.3. The summed E-state index contributed by atoms with van der Waals surface area (Å²) >= 11 is 1.40. The summed E-state index contributed by atoms with van der Waals surface area (Å²) in [5, 5.41) is 0. The van der Waals surface area contributed by atoms with Gasteiger partial charge < -0.3 is 9.30 Å². The van der Waals surface area contributed by atoms with Crippen LogP contribution in [0.3, 0.4) is 0 Å². The first-order chi connectivity index (χ1) is 16.7. The lowest BCUT2D eigenvalue weighted by molar-refractivity contribution is 0.0997. The zero-order chi connectivity index (χ0) is 25.2. The number of amides is 1. The van der Waals surface area contributed by atoms with Crippen LogP contribution in [0.4, 0.5) is 0 Å². The molecule has 1 fully saturated rings. The van der Waals surface area contributed by atoms with Crippen LogP contribution in [-0.2, 0) is 16.6 Å². The van der Waals surface area contributed by atoms with E-state index < -0.39 is 15.9 Å². The van der Waals surface area contributed by atoms with Gasteiger partial charge in [-0.25, -0.2) is 8.42 Å². The average molecular weight is 514 g/mol. The van der Waals surface area contributed by atoms with Crippen LogP contribution in [0.1, 0.15) is 37.6 Å². The predicted molar refractivity (Wildman–Crippen MR) is 139 cm³/mol. The Labute approximate surface area is 210 Å². The van der Waals surface area contributed by atoms with Gasteiger partial charge in [0, 0.05) is 25.2 Å². The van der Waals surface area contributed by atoms with Crippen molar-refractivity contribution in [2.75, 3.05) is 19.7 Å². The topological polar surface area (TPSA) is 81.0 Å². The highest BCUT2D eigenvalue weighted by atomic mass is 32.2. The Morgan fingerprint density at radius 3 is 2.49 bits per heavy atom. The predicted octanol–water partition coefficient (Wildman–Crippen LogP) is 4.70. The molecule has 186 valence electrons. The molecule has 1 aliphatic heterocycles. The standard InChI is InChI=1S/C26H31N3O4S2/c1-5-13-29-23-12-9-21(33-6-2)15-24(23)34-26(29)27-25(30)20-7-10-22(11-8-20)35(31,32)28-16-18(3)14-19(4)17-28/h5,7-12,15,18-19H,1,6,13-14,16-17H2,2-4H3. The maximum absolute atomic E-state index is 13.1. The number of thiazole rings is 1. The van der Waals surface area contributed by atoms with Crippen molar-refractivity contribution in [3.8, 4) is 5.75 Å². The van der Waals surface area contributed by atoms with Crippen molar-refractivity contribution in [3.05, 3.63) is 65.5 Å². The first-order valence-electron chi connectivity index (χ1n) is 11.8. The van der Waals surface area contributed by atoms with Crippen LogP contribution in [-0.4, -0.2) is 42.9 Å². The molecule has 0 saturated carbocycles. The third-order valence-corrected chi connectivity index (χ3v) is 8.94. The van der Waals surface area contributed by atoms with Crippen molar-refractivity contribution in [3.63, 3.8) is 0 Å². The molecule has 1 amide bonds. The first-order valence-corrected chi connectivity index (χ1v) is 14.0. The van der Waals surface area contributed by atoms with E-state index in [9.17, 15) is 13.2 Å². The van der Waals surface area contributed by atoms with Crippen molar-refractivity contribution in [2.45, 2.75) is 38.6 Å². The molecule has 0 spiro atoms. The van der Waals surface area contributed by atoms with Crippen LogP contribution in [0.15, 0.2) is 65.0 Å². The molecule has 2 atom stereocenters. The number of carbonyl (C=O) groups is 1. The molecule has 4 rings (SSSR count). The second-order valence-electron chi connectivity index (χ2n) is 9.06. The van der Waals surface area contributed by atoms with Gasteiger partial charge >= 0.3 is 0 Å². The van der Waals surface area contributed by atoms with Crippen molar-refractivity contribution in [1.29, 1.82) is 0 Å². The fourth-order valence-corrected chi connectivity index (χ4v) is 7.32. The Morgan fingerprint density at radius 2 is 1.86 bits per heavy atom. The van der Waals surface area contributed by atoms with Crippen LogP contribution in [0.5, 0.6) is 5.75 Å². The molecule has 3 aromatic rings. The summed E-state index contributed by atoms with van der Waals surface area (Å²) in [7, 11) is -3.60. The molecule has 7 nitrogen and oxygen atoms in total. The van der Waals surface area contributed by atoms with Crippen LogP contribution < -0.4 is 9.54 Å². The molecular formula is C26H31N3O4S2. The summed E-state index contributed by atoms with van der Waals surface area (Å²) in [6.45, 7) is 12.0. The number of nitrogens with zero attached hydrogens (tertiary/aromatic N) is 3. The highest BCUT2D eigenvalue weighted by molar-refractivity contribution is 7.89. The minimum atomic E-state index is -3.60. The molecule has 1 aromatic heterocycles. The van der Waals surface area contributed by atoms with Gasteiger partial charge in [-0.2, -0.15) is 9.30 Å². The number of allylic oxidation sites excluding steroid dienone is 1. The lowest BCUT2D eigenvalue weighted by Gasteiger charge is -2.34.